The maximum absolute atomic E-state index is 13.4. The normalized spacial score (nSPS) is 22.1. The van der Waals surface area contributed by atoms with Gasteiger partial charge in [0, 0.05) is 67.5 Å². The zero-order valence-corrected chi connectivity index (χ0v) is 24.6. The Labute approximate surface area is 241 Å². The first-order chi connectivity index (χ1) is 19.5. The Hall–Kier alpha value is -2.24. The first-order valence-corrected chi connectivity index (χ1v) is 17.1. The van der Waals surface area contributed by atoms with Crippen molar-refractivity contribution in [2.75, 3.05) is 49.1 Å². The number of fused-ring (bicyclic) bond motifs is 1. The van der Waals surface area contributed by atoms with Gasteiger partial charge in [-0.1, -0.05) is 25.3 Å². The predicted molar refractivity (Wildman–Crippen MR) is 161 cm³/mol. The Morgan fingerprint density at radius 3 is 2.70 bits per heavy atom. The minimum absolute atomic E-state index is 0.0606. The van der Waals surface area contributed by atoms with Crippen molar-refractivity contribution in [1.29, 1.82) is 0 Å². The number of hydrogen-bond donors (Lipinski definition) is 1. The standard InChI is InChI=1S/C30H39N5O3S2/c36-40(37,32-23-30(11-2-1-3-12-30)35-15-17-39-18-16-35)27-7-8-28-25(19-27)6-9-29(33-28)34-14-10-26(21-34)38-22-24-5-4-13-31-20-24/h4-9,13,19-20,26,32H,1-3,10-12,14-18,21-23H2. The van der Waals surface area contributed by atoms with Crippen LogP contribution in [0.3, 0.4) is 0 Å². The second kappa shape index (κ2) is 12.3. The van der Waals surface area contributed by atoms with E-state index in [4.69, 9.17) is 9.72 Å². The van der Waals surface area contributed by atoms with Crippen molar-refractivity contribution < 1.29 is 13.2 Å². The molecular formula is C30H39N5O3S2. The van der Waals surface area contributed by atoms with Crippen LogP contribution in [-0.4, -0.2) is 79.2 Å². The highest BCUT2D eigenvalue weighted by atomic mass is 32.2. The van der Waals surface area contributed by atoms with Crippen LogP contribution in [-0.2, 0) is 21.4 Å². The fourth-order valence-electron chi connectivity index (χ4n) is 6.37. The molecule has 0 spiro atoms. The van der Waals surface area contributed by atoms with Gasteiger partial charge < -0.3 is 9.64 Å². The molecule has 3 fully saturated rings. The minimum atomic E-state index is -3.63. The van der Waals surface area contributed by atoms with Gasteiger partial charge in [-0.15, -0.1) is 0 Å². The van der Waals surface area contributed by atoms with Gasteiger partial charge in [-0.25, -0.2) is 18.1 Å². The van der Waals surface area contributed by atoms with E-state index in [2.05, 4.69) is 19.5 Å². The van der Waals surface area contributed by atoms with Crippen molar-refractivity contribution in [2.24, 2.45) is 0 Å². The summed E-state index contributed by atoms with van der Waals surface area (Å²) in [5.41, 5.74) is 1.81. The van der Waals surface area contributed by atoms with E-state index in [1.807, 2.05) is 48.3 Å². The average molecular weight is 582 g/mol. The number of sulfonamides is 1. The molecule has 0 amide bonds. The van der Waals surface area contributed by atoms with E-state index in [-0.39, 0.29) is 11.6 Å². The van der Waals surface area contributed by atoms with Crippen LogP contribution in [0.1, 0.15) is 44.1 Å². The fraction of sp³-hybridized carbons (Fsp3) is 0.533. The van der Waals surface area contributed by atoms with Crippen molar-refractivity contribution in [3.8, 4) is 0 Å². The number of aromatic nitrogens is 2. The van der Waals surface area contributed by atoms with Crippen molar-refractivity contribution in [1.82, 2.24) is 19.6 Å². The fourth-order valence-corrected chi connectivity index (χ4v) is 8.43. The van der Waals surface area contributed by atoms with E-state index >= 15 is 0 Å². The van der Waals surface area contributed by atoms with Gasteiger partial charge >= 0.3 is 0 Å². The molecule has 1 aromatic carbocycles. The largest absolute Gasteiger partial charge is 0.372 e. The van der Waals surface area contributed by atoms with Gasteiger partial charge in [0.2, 0.25) is 10.0 Å². The monoisotopic (exact) mass is 581 g/mol. The molecule has 4 heterocycles. The summed E-state index contributed by atoms with van der Waals surface area (Å²) in [4.78, 5) is 14.1. The molecule has 2 aromatic heterocycles. The Morgan fingerprint density at radius 1 is 1.05 bits per heavy atom. The van der Waals surface area contributed by atoms with Crippen molar-refractivity contribution in [2.45, 2.75) is 61.7 Å². The van der Waals surface area contributed by atoms with Crippen LogP contribution in [0.15, 0.2) is 59.8 Å². The van der Waals surface area contributed by atoms with Gasteiger partial charge in [0.15, 0.2) is 0 Å². The molecular weight excluding hydrogens is 542 g/mol. The Bertz CT molecular complexity index is 1390. The number of ether oxygens (including phenoxy) is 1. The molecule has 10 heteroatoms. The van der Waals surface area contributed by atoms with Crippen molar-refractivity contribution in [3.05, 3.63) is 60.4 Å². The summed E-state index contributed by atoms with van der Waals surface area (Å²) >= 11 is 2.00. The maximum Gasteiger partial charge on any atom is 0.240 e. The zero-order valence-electron chi connectivity index (χ0n) is 23.0. The number of hydrogen-bond acceptors (Lipinski definition) is 8. The molecule has 2 saturated heterocycles. The molecule has 3 aromatic rings. The molecule has 1 saturated carbocycles. The minimum Gasteiger partial charge on any atom is -0.372 e. The summed E-state index contributed by atoms with van der Waals surface area (Å²) < 4.78 is 36.0. The number of thioether (sulfide) groups is 1. The molecule has 2 aliphatic heterocycles. The lowest BCUT2D eigenvalue weighted by Gasteiger charge is -2.48. The zero-order chi connectivity index (χ0) is 27.4. The quantitative estimate of drug-likeness (QED) is 0.397. The highest BCUT2D eigenvalue weighted by Gasteiger charge is 2.39. The van der Waals surface area contributed by atoms with Crippen LogP contribution < -0.4 is 9.62 Å². The van der Waals surface area contributed by atoms with E-state index in [0.717, 1.165) is 79.2 Å². The Kier molecular flexibility index (Phi) is 8.60. The van der Waals surface area contributed by atoms with Crippen LogP contribution >= 0.6 is 11.8 Å². The summed E-state index contributed by atoms with van der Waals surface area (Å²) in [6, 6.07) is 13.2. The first-order valence-electron chi connectivity index (χ1n) is 14.5. The molecule has 214 valence electrons. The summed E-state index contributed by atoms with van der Waals surface area (Å²) in [6.45, 7) is 4.79. The number of pyridine rings is 2. The van der Waals surface area contributed by atoms with Gasteiger partial charge in [0.05, 0.1) is 23.1 Å². The molecule has 1 N–H and O–H groups in total. The molecule has 1 aliphatic carbocycles. The number of nitrogens with zero attached hydrogens (tertiary/aromatic N) is 4. The molecule has 0 bridgehead atoms. The molecule has 40 heavy (non-hydrogen) atoms. The number of anilines is 1. The summed E-state index contributed by atoms with van der Waals surface area (Å²) in [7, 11) is -3.63. The average Bonchev–Trinajstić information content (AvgIpc) is 3.49. The second-order valence-electron chi connectivity index (χ2n) is 11.3. The molecule has 3 aliphatic rings. The second-order valence-corrected chi connectivity index (χ2v) is 14.3. The van der Waals surface area contributed by atoms with Gasteiger partial charge in [-0.2, -0.15) is 11.8 Å². The van der Waals surface area contributed by atoms with Crippen molar-refractivity contribution >= 4 is 38.5 Å². The third kappa shape index (κ3) is 6.31. The van der Waals surface area contributed by atoms with Gasteiger partial charge in [-0.05, 0) is 61.2 Å². The molecule has 1 atom stereocenters. The van der Waals surface area contributed by atoms with Crippen molar-refractivity contribution in [3.63, 3.8) is 0 Å². The number of benzene rings is 1. The Morgan fingerprint density at radius 2 is 1.90 bits per heavy atom. The highest BCUT2D eigenvalue weighted by molar-refractivity contribution is 7.99. The predicted octanol–water partition coefficient (Wildman–Crippen LogP) is 4.46. The topological polar surface area (TPSA) is 87.7 Å². The maximum atomic E-state index is 13.4. The number of nitrogens with one attached hydrogen (secondary N) is 1. The van der Waals surface area contributed by atoms with Crippen LogP contribution in [0.2, 0.25) is 0 Å². The van der Waals surface area contributed by atoms with Crippen LogP contribution in [0, 0.1) is 0 Å². The van der Waals surface area contributed by atoms with E-state index in [9.17, 15) is 8.42 Å². The molecule has 1 unspecified atom stereocenters. The van der Waals surface area contributed by atoms with Crippen LogP contribution in [0.25, 0.3) is 10.9 Å². The SMILES string of the molecule is O=S(=O)(NCC1(N2CCSCC2)CCCCC1)c1ccc2nc(N3CCC(OCc4cccnc4)C3)ccc2c1. The van der Waals surface area contributed by atoms with E-state index in [1.54, 1.807) is 18.3 Å². The van der Waals surface area contributed by atoms with Gasteiger partial charge in [0.1, 0.15) is 5.82 Å². The Balaban J connectivity index is 1.11. The highest BCUT2D eigenvalue weighted by Crippen LogP contribution is 2.35. The summed E-state index contributed by atoms with van der Waals surface area (Å²) in [5, 5.41) is 0.829. The third-order valence-electron chi connectivity index (χ3n) is 8.69. The summed E-state index contributed by atoms with van der Waals surface area (Å²) in [6.07, 6.45) is 10.4. The van der Waals surface area contributed by atoms with E-state index in [1.165, 1.54) is 19.3 Å². The smallest absolute Gasteiger partial charge is 0.240 e. The molecule has 6 rings (SSSR count). The lowest BCUT2D eigenvalue weighted by atomic mass is 9.80. The lowest BCUT2D eigenvalue weighted by molar-refractivity contribution is 0.0552. The first kappa shape index (κ1) is 27.9. The molecule has 0 radical (unpaired) electrons. The number of rotatable bonds is 9. The molecule has 8 nitrogen and oxygen atoms in total. The van der Waals surface area contributed by atoms with Gasteiger partial charge in [-0.3, -0.25) is 9.88 Å². The van der Waals surface area contributed by atoms with E-state index in [0.29, 0.717) is 18.0 Å². The lowest BCUT2D eigenvalue weighted by Crippen LogP contribution is -2.58. The third-order valence-corrected chi connectivity index (χ3v) is 11.0. The summed E-state index contributed by atoms with van der Waals surface area (Å²) in [5.74, 6) is 3.16. The van der Waals surface area contributed by atoms with Gasteiger partial charge in [0.25, 0.3) is 0 Å². The van der Waals surface area contributed by atoms with Crippen LogP contribution in [0.4, 0.5) is 5.82 Å². The van der Waals surface area contributed by atoms with Crippen LogP contribution in [0.5, 0.6) is 0 Å². The van der Waals surface area contributed by atoms with E-state index < -0.39 is 10.0 Å².